The van der Waals surface area contributed by atoms with E-state index in [2.05, 4.69) is 5.32 Å². The molecule has 0 saturated heterocycles. The summed E-state index contributed by atoms with van der Waals surface area (Å²) in [6.07, 6.45) is 1.43. The van der Waals surface area contributed by atoms with Gasteiger partial charge in [0.05, 0.1) is 6.61 Å². The first-order chi connectivity index (χ1) is 8.74. The lowest BCUT2D eigenvalue weighted by Gasteiger charge is -2.24. The molecule has 1 aliphatic heterocycles. The molecule has 5 heteroatoms. The molecule has 1 aliphatic rings. The Bertz CT molecular complexity index is 458. The Balaban J connectivity index is 2.13. The van der Waals surface area contributed by atoms with Crippen molar-refractivity contribution in [1.29, 1.82) is 0 Å². The number of aryl methyl sites for hydroxylation is 1. The Kier molecular flexibility index (Phi) is 3.82. The van der Waals surface area contributed by atoms with Crippen molar-refractivity contribution in [3.05, 3.63) is 23.8 Å². The molecule has 1 atom stereocenters. The van der Waals surface area contributed by atoms with Crippen molar-refractivity contribution < 1.29 is 19.1 Å². The maximum atomic E-state index is 11.6. The summed E-state index contributed by atoms with van der Waals surface area (Å²) in [6.45, 7) is 2.11. The number of hydrogen-bond acceptors (Lipinski definition) is 4. The Labute approximate surface area is 105 Å². The van der Waals surface area contributed by atoms with Gasteiger partial charge < -0.3 is 14.8 Å². The van der Waals surface area contributed by atoms with Crippen molar-refractivity contribution >= 4 is 18.1 Å². The molecule has 1 unspecified atom stereocenters. The van der Waals surface area contributed by atoms with Gasteiger partial charge in [0, 0.05) is 11.8 Å². The van der Waals surface area contributed by atoms with Gasteiger partial charge in [-0.1, -0.05) is 6.07 Å². The zero-order chi connectivity index (χ0) is 13.0. The van der Waals surface area contributed by atoms with Crippen LogP contribution in [0.25, 0.3) is 0 Å². The molecule has 0 aliphatic carbocycles. The highest BCUT2D eigenvalue weighted by Crippen LogP contribution is 2.30. The monoisotopic (exact) mass is 249 g/mol. The number of ether oxygens (including phenoxy) is 2. The number of rotatable bonds is 4. The lowest BCUT2D eigenvalue weighted by atomic mass is 10.0. The van der Waals surface area contributed by atoms with E-state index in [1.165, 1.54) is 0 Å². The summed E-state index contributed by atoms with van der Waals surface area (Å²) < 4.78 is 10.5. The van der Waals surface area contributed by atoms with Crippen molar-refractivity contribution in [1.82, 2.24) is 0 Å². The van der Waals surface area contributed by atoms with Crippen molar-refractivity contribution in [2.75, 3.05) is 11.9 Å². The minimum absolute atomic E-state index is 0.336. The quantitative estimate of drug-likeness (QED) is 0.649. The first-order valence-electron chi connectivity index (χ1n) is 5.91. The van der Waals surface area contributed by atoms with Gasteiger partial charge in [-0.05, 0) is 31.4 Å². The second-order valence-corrected chi connectivity index (χ2v) is 3.98. The number of carbonyl (C=O) groups excluding carboxylic acids is 2. The normalized spacial score (nSPS) is 17.3. The molecule has 0 bridgehead atoms. The van der Waals surface area contributed by atoms with Crippen LogP contribution in [-0.2, 0) is 20.7 Å². The van der Waals surface area contributed by atoms with Gasteiger partial charge in [-0.3, -0.25) is 4.79 Å². The highest BCUT2D eigenvalue weighted by atomic mass is 16.6. The summed E-state index contributed by atoms with van der Waals surface area (Å²) in [5.41, 5.74) is 1.68. The second-order valence-electron chi connectivity index (χ2n) is 3.98. The third-order valence-electron chi connectivity index (χ3n) is 2.79. The highest BCUT2D eigenvalue weighted by Gasteiger charge is 2.27. The van der Waals surface area contributed by atoms with Crippen molar-refractivity contribution in [2.24, 2.45) is 0 Å². The number of anilines is 1. The van der Waals surface area contributed by atoms with E-state index < -0.39 is 6.10 Å². The second kappa shape index (κ2) is 5.53. The van der Waals surface area contributed by atoms with E-state index >= 15 is 0 Å². The molecule has 1 amide bonds. The first kappa shape index (κ1) is 12.4. The number of esters is 1. The predicted octanol–water partition coefficient (Wildman–Crippen LogP) is 1.51. The average Bonchev–Trinajstić information content (AvgIpc) is 2.38. The molecule has 0 fully saturated rings. The van der Waals surface area contributed by atoms with Gasteiger partial charge in [0.1, 0.15) is 5.75 Å². The van der Waals surface area contributed by atoms with E-state index in [0.717, 1.165) is 12.0 Å². The fraction of sp³-hybridized carbons (Fsp3) is 0.385. The summed E-state index contributed by atoms with van der Waals surface area (Å²) in [7, 11) is 0. The van der Waals surface area contributed by atoms with Crippen LogP contribution in [0, 0.1) is 0 Å². The van der Waals surface area contributed by atoms with E-state index in [0.29, 0.717) is 30.9 Å². The van der Waals surface area contributed by atoms with Gasteiger partial charge in [0.25, 0.3) is 0 Å². The van der Waals surface area contributed by atoms with Crippen LogP contribution in [-0.4, -0.2) is 25.1 Å². The van der Waals surface area contributed by atoms with E-state index in [1.807, 2.05) is 6.07 Å². The van der Waals surface area contributed by atoms with Gasteiger partial charge in [0.15, 0.2) is 6.10 Å². The Hall–Kier alpha value is -2.04. The molecular formula is C13H15NO4. The average molecular weight is 249 g/mol. The number of nitrogens with one attached hydrogen (secondary N) is 1. The van der Waals surface area contributed by atoms with Gasteiger partial charge in [-0.2, -0.15) is 0 Å². The SMILES string of the molecule is CCOC(=O)C1CCc2ccc(NC=O)cc2O1. The highest BCUT2D eigenvalue weighted by molar-refractivity contribution is 5.76. The maximum Gasteiger partial charge on any atom is 0.347 e. The molecular weight excluding hydrogens is 234 g/mol. The van der Waals surface area contributed by atoms with Crippen molar-refractivity contribution in [3.63, 3.8) is 0 Å². The molecule has 2 rings (SSSR count). The zero-order valence-electron chi connectivity index (χ0n) is 10.1. The van der Waals surface area contributed by atoms with Crippen LogP contribution in [0.1, 0.15) is 18.9 Å². The molecule has 1 heterocycles. The number of amides is 1. The van der Waals surface area contributed by atoms with E-state index in [1.54, 1.807) is 19.1 Å². The molecule has 1 aromatic carbocycles. The van der Waals surface area contributed by atoms with Crippen LogP contribution in [0.3, 0.4) is 0 Å². The van der Waals surface area contributed by atoms with Crippen LogP contribution in [0.4, 0.5) is 5.69 Å². The van der Waals surface area contributed by atoms with Crippen molar-refractivity contribution in [3.8, 4) is 5.75 Å². The number of carbonyl (C=O) groups is 2. The smallest absolute Gasteiger partial charge is 0.347 e. The van der Waals surface area contributed by atoms with Gasteiger partial charge in [-0.15, -0.1) is 0 Å². The Morgan fingerprint density at radius 3 is 3.17 bits per heavy atom. The van der Waals surface area contributed by atoms with Gasteiger partial charge in [0.2, 0.25) is 6.41 Å². The van der Waals surface area contributed by atoms with E-state index in [-0.39, 0.29) is 5.97 Å². The summed E-state index contributed by atoms with van der Waals surface area (Å²) in [5.74, 6) is 0.294. The third-order valence-corrected chi connectivity index (χ3v) is 2.79. The van der Waals surface area contributed by atoms with Gasteiger partial charge in [-0.25, -0.2) is 4.79 Å². The standard InChI is InChI=1S/C13H15NO4/c1-2-17-13(16)11-6-4-9-3-5-10(14-8-15)7-12(9)18-11/h3,5,7-8,11H,2,4,6H2,1H3,(H,14,15). The zero-order valence-corrected chi connectivity index (χ0v) is 10.1. The van der Waals surface area contributed by atoms with Crippen molar-refractivity contribution in [2.45, 2.75) is 25.9 Å². The Morgan fingerprint density at radius 1 is 1.61 bits per heavy atom. The predicted molar refractivity (Wildman–Crippen MR) is 65.5 cm³/mol. The van der Waals surface area contributed by atoms with Crippen LogP contribution in [0.5, 0.6) is 5.75 Å². The minimum Gasteiger partial charge on any atom is -0.478 e. The summed E-state index contributed by atoms with van der Waals surface area (Å²) in [4.78, 5) is 22.0. The molecule has 0 saturated carbocycles. The molecule has 18 heavy (non-hydrogen) atoms. The lowest BCUT2D eigenvalue weighted by molar-refractivity contribution is -0.152. The topological polar surface area (TPSA) is 64.6 Å². The fourth-order valence-corrected chi connectivity index (χ4v) is 1.93. The Morgan fingerprint density at radius 2 is 2.44 bits per heavy atom. The number of hydrogen-bond donors (Lipinski definition) is 1. The molecule has 0 radical (unpaired) electrons. The van der Waals surface area contributed by atoms with E-state index in [9.17, 15) is 9.59 Å². The largest absolute Gasteiger partial charge is 0.478 e. The molecule has 1 N–H and O–H groups in total. The van der Waals surface area contributed by atoms with Crippen LogP contribution < -0.4 is 10.1 Å². The van der Waals surface area contributed by atoms with Crippen LogP contribution >= 0.6 is 0 Å². The molecule has 0 aromatic heterocycles. The summed E-state index contributed by atoms with van der Waals surface area (Å²) >= 11 is 0. The summed E-state index contributed by atoms with van der Waals surface area (Å²) in [6, 6.07) is 5.42. The number of fused-ring (bicyclic) bond motifs is 1. The number of benzene rings is 1. The molecule has 96 valence electrons. The first-order valence-corrected chi connectivity index (χ1v) is 5.91. The van der Waals surface area contributed by atoms with Crippen LogP contribution in [0.2, 0.25) is 0 Å². The fourth-order valence-electron chi connectivity index (χ4n) is 1.93. The van der Waals surface area contributed by atoms with Gasteiger partial charge >= 0.3 is 5.97 Å². The van der Waals surface area contributed by atoms with E-state index in [4.69, 9.17) is 9.47 Å². The lowest BCUT2D eigenvalue weighted by Crippen LogP contribution is -2.32. The molecule has 1 aromatic rings. The summed E-state index contributed by atoms with van der Waals surface area (Å²) in [5, 5.41) is 2.55. The third kappa shape index (κ3) is 2.61. The maximum absolute atomic E-state index is 11.6. The van der Waals surface area contributed by atoms with Crippen LogP contribution in [0.15, 0.2) is 18.2 Å². The molecule has 0 spiro atoms. The minimum atomic E-state index is -0.552. The molecule has 5 nitrogen and oxygen atoms in total.